The molecule has 0 aliphatic heterocycles. The Morgan fingerprint density at radius 3 is 2.22 bits per heavy atom. The molecule has 1 aromatic rings. The molecule has 1 rings (SSSR count). The molecule has 1 aromatic carbocycles. The molecule has 0 aromatic heterocycles. The van der Waals surface area contributed by atoms with Crippen LogP contribution in [-0.2, 0) is 21.1 Å². The average molecular weight is 291 g/mol. The van der Waals surface area contributed by atoms with Gasteiger partial charge < -0.3 is 11.5 Å². The molecule has 0 atom stereocenters. The third-order valence-electron chi connectivity index (χ3n) is 0.931. The first-order valence-electron chi connectivity index (χ1n) is 2.32. The topological polar surface area (TPSA) is 52.0 Å². The molecule has 0 spiro atoms. The van der Waals surface area contributed by atoms with E-state index in [-0.39, 0.29) is 21.1 Å². The van der Waals surface area contributed by atoms with E-state index in [0.29, 0.717) is 11.4 Å². The Balaban J connectivity index is 0.000000640. The van der Waals surface area contributed by atoms with Crippen molar-refractivity contribution in [2.75, 3.05) is 11.5 Å². The van der Waals surface area contributed by atoms with Crippen molar-refractivity contribution in [2.24, 2.45) is 0 Å². The van der Waals surface area contributed by atoms with Crippen molar-refractivity contribution in [3.63, 3.8) is 0 Å². The maximum absolute atomic E-state index is 5.37. The largest absolute Gasteiger partial charge is 0.448 e. The molecule has 0 heterocycles. The summed E-state index contributed by atoms with van der Waals surface area (Å²) in [4.78, 5) is 0. The Kier molecular flexibility index (Phi) is 3.33. The Morgan fingerprint density at radius 2 is 1.89 bits per heavy atom. The molecule has 0 aliphatic carbocycles. The molecule has 0 bridgehead atoms. The molecule has 4 N–H and O–H groups in total. The maximum atomic E-state index is 5.37. The second-order valence-electron chi connectivity index (χ2n) is 1.56. The van der Waals surface area contributed by atoms with Gasteiger partial charge in [0.15, 0.2) is 0 Å². The SMILES string of the molecule is Nc1c[c-]ccc1N.[W]. The van der Waals surface area contributed by atoms with Crippen molar-refractivity contribution >= 4 is 11.4 Å². The fourth-order valence-electron chi connectivity index (χ4n) is 0.455. The molecule has 0 aliphatic rings. The van der Waals surface area contributed by atoms with Crippen LogP contribution < -0.4 is 11.5 Å². The van der Waals surface area contributed by atoms with Crippen LogP contribution in [-0.4, -0.2) is 0 Å². The zero-order chi connectivity index (χ0) is 5.98. The Bertz CT molecular complexity index is 167. The number of nitrogen functional groups attached to an aromatic ring is 2. The van der Waals surface area contributed by atoms with Crippen molar-refractivity contribution in [3.8, 4) is 0 Å². The minimum atomic E-state index is 0. The van der Waals surface area contributed by atoms with Crippen LogP contribution in [0, 0.1) is 6.07 Å². The summed E-state index contributed by atoms with van der Waals surface area (Å²) in [7, 11) is 0. The fraction of sp³-hybridized carbons (Fsp3) is 0. The van der Waals surface area contributed by atoms with Crippen molar-refractivity contribution in [1.29, 1.82) is 0 Å². The molecular formula is C6H7N2W-. The van der Waals surface area contributed by atoms with E-state index in [2.05, 4.69) is 6.07 Å². The van der Waals surface area contributed by atoms with E-state index in [1.807, 2.05) is 0 Å². The van der Waals surface area contributed by atoms with Gasteiger partial charge in [-0.25, -0.2) is 0 Å². The molecule has 9 heavy (non-hydrogen) atoms. The van der Waals surface area contributed by atoms with E-state index in [1.54, 1.807) is 18.2 Å². The average Bonchev–Trinajstić information content (AvgIpc) is 1.77. The summed E-state index contributed by atoms with van der Waals surface area (Å²) >= 11 is 0. The normalized spacial score (nSPS) is 8.00. The van der Waals surface area contributed by atoms with Gasteiger partial charge in [-0.1, -0.05) is 11.4 Å². The van der Waals surface area contributed by atoms with Crippen LogP contribution in [0.4, 0.5) is 11.4 Å². The number of nitrogens with two attached hydrogens (primary N) is 2. The predicted octanol–water partition coefficient (Wildman–Crippen LogP) is 0.649. The monoisotopic (exact) mass is 291 g/mol. The quantitative estimate of drug-likeness (QED) is 0.544. The summed E-state index contributed by atoms with van der Waals surface area (Å²) in [5.41, 5.74) is 11.9. The van der Waals surface area contributed by atoms with Gasteiger partial charge in [-0.05, 0) is 0 Å². The number of hydrogen-bond donors (Lipinski definition) is 2. The van der Waals surface area contributed by atoms with Crippen LogP contribution in [0.3, 0.4) is 0 Å². The summed E-state index contributed by atoms with van der Waals surface area (Å²) in [5.74, 6) is 0. The second kappa shape index (κ2) is 3.52. The predicted molar refractivity (Wildman–Crippen MR) is 34.1 cm³/mol. The number of benzene rings is 1. The van der Waals surface area contributed by atoms with Crippen molar-refractivity contribution in [3.05, 3.63) is 24.3 Å². The summed E-state index contributed by atoms with van der Waals surface area (Å²) in [6.07, 6.45) is 0. The molecule has 0 saturated carbocycles. The van der Waals surface area contributed by atoms with E-state index >= 15 is 0 Å². The smallest absolute Gasteiger partial charge is 0 e. The standard InChI is InChI=1S/C6H7N2.W/c7-5-3-1-2-4-6(5)8;/h1,3-4H,7-8H2;/q-1;. The number of rotatable bonds is 0. The van der Waals surface area contributed by atoms with Gasteiger partial charge in [0.2, 0.25) is 0 Å². The van der Waals surface area contributed by atoms with Crippen LogP contribution in [0.2, 0.25) is 0 Å². The first kappa shape index (κ1) is 8.51. The fourth-order valence-corrected chi connectivity index (χ4v) is 0.455. The van der Waals surface area contributed by atoms with Gasteiger partial charge in [0, 0.05) is 21.1 Å². The van der Waals surface area contributed by atoms with E-state index in [1.165, 1.54) is 0 Å². The zero-order valence-electron chi connectivity index (χ0n) is 4.79. The van der Waals surface area contributed by atoms with E-state index < -0.39 is 0 Å². The first-order valence-corrected chi connectivity index (χ1v) is 2.32. The molecule has 0 saturated heterocycles. The Labute approximate surface area is 68.5 Å². The minimum Gasteiger partial charge on any atom is -0.448 e. The molecule has 3 heteroatoms. The van der Waals surface area contributed by atoms with Crippen LogP contribution in [0.5, 0.6) is 0 Å². The Morgan fingerprint density at radius 1 is 1.22 bits per heavy atom. The van der Waals surface area contributed by atoms with Gasteiger partial charge in [0.25, 0.3) is 0 Å². The van der Waals surface area contributed by atoms with Crippen molar-refractivity contribution < 1.29 is 21.1 Å². The first-order chi connectivity index (χ1) is 3.80. The Hall–Kier alpha value is -0.492. The van der Waals surface area contributed by atoms with Gasteiger partial charge in [-0.2, -0.15) is 18.2 Å². The van der Waals surface area contributed by atoms with Gasteiger partial charge in [-0.15, -0.1) is 6.07 Å². The number of hydrogen-bond acceptors (Lipinski definition) is 2. The van der Waals surface area contributed by atoms with Crippen molar-refractivity contribution in [2.45, 2.75) is 0 Å². The molecule has 0 radical (unpaired) electrons. The summed E-state index contributed by atoms with van der Waals surface area (Å²) in [5, 5.41) is 0. The summed E-state index contributed by atoms with van der Waals surface area (Å²) in [6, 6.07) is 7.89. The molecule has 0 unspecified atom stereocenters. The van der Waals surface area contributed by atoms with Gasteiger partial charge >= 0.3 is 0 Å². The zero-order valence-corrected chi connectivity index (χ0v) is 7.73. The van der Waals surface area contributed by atoms with Crippen LogP contribution in [0.1, 0.15) is 0 Å². The molecule has 48 valence electrons. The van der Waals surface area contributed by atoms with E-state index in [0.717, 1.165) is 0 Å². The van der Waals surface area contributed by atoms with Gasteiger partial charge in [0.05, 0.1) is 0 Å². The van der Waals surface area contributed by atoms with Crippen LogP contribution in [0.15, 0.2) is 18.2 Å². The molecular weight excluding hydrogens is 284 g/mol. The molecule has 2 nitrogen and oxygen atoms in total. The third kappa shape index (κ3) is 2.06. The summed E-state index contributed by atoms with van der Waals surface area (Å²) in [6.45, 7) is 0. The van der Waals surface area contributed by atoms with Gasteiger partial charge in [-0.3, -0.25) is 0 Å². The van der Waals surface area contributed by atoms with E-state index in [9.17, 15) is 0 Å². The number of anilines is 2. The van der Waals surface area contributed by atoms with Crippen molar-refractivity contribution in [1.82, 2.24) is 0 Å². The molecule has 0 fully saturated rings. The maximum Gasteiger partial charge on any atom is 0 e. The van der Waals surface area contributed by atoms with Crippen LogP contribution >= 0.6 is 0 Å². The second-order valence-corrected chi connectivity index (χ2v) is 1.56. The van der Waals surface area contributed by atoms with Gasteiger partial charge in [0.1, 0.15) is 0 Å². The minimum absolute atomic E-state index is 0. The van der Waals surface area contributed by atoms with Crippen LogP contribution in [0.25, 0.3) is 0 Å². The third-order valence-corrected chi connectivity index (χ3v) is 0.931. The van der Waals surface area contributed by atoms with E-state index in [4.69, 9.17) is 11.5 Å². The summed E-state index contributed by atoms with van der Waals surface area (Å²) < 4.78 is 0. The molecule has 0 amide bonds.